The number of ether oxygens (including phenoxy) is 2. The number of likely N-dealkylation sites (N-methyl/N-ethyl adjacent to an activating group) is 1. The summed E-state index contributed by atoms with van der Waals surface area (Å²) in [5, 5.41) is 3.08. The molecule has 1 saturated heterocycles. The van der Waals surface area contributed by atoms with Gasteiger partial charge in [-0.2, -0.15) is 0 Å². The van der Waals surface area contributed by atoms with Crippen LogP contribution in [0.1, 0.15) is 12.5 Å². The number of imide groups is 1. The monoisotopic (exact) mass is 397 g/mol. The lowest BCUT2D eigenvalue weighted by Crippen LogP contribution is -2.39. The van der Waals surface area contributed by atoms with Gasteiger partial charge in [0.1, 0.15) is 18.8 Å². The third-order valence-corrected chi connectivity index (χ3v) is 4.34. The Morgan fingerprint density at radius 2 is 2.00 bits per heavy atom. The van der Waals surface area contributed by atoms with E-state index in [2.05, 4.69) is 5.32 Å². The molecule has 1 aromatic carbocycles. The highest BCUT2D eigenvalue weighted by atomic mass is 35.5. The number of aryl methyl sites for hydroxylation is 1. The van der Waals surface area contributed by atoms with Crippen LogP contribution in [-0.4, -0.2) is 67.0 Å². The minimum Gasteiger partial charge on any atom is -0.495 e. The number of amides is 4. The van der Waals surface area contributed by atoms with Crippen LogP contribution in [0, 0.1) is 6.92 Å². The van der Waals surface area contributed by atoms with Crippen LogP contribution in [0.4, 0.5) is 10.5 Å². The standard InChI is InChI=1S/C17H20ClN3O6/c1-9-5-12(13(26-4)6-11(9)18)19-16(24)10(2)27-15(23)8-21-14(22)7-20(3)17(21)25/h5-6,10H,7-8H2,1-4H3,(H,19,24)/t10-/m0/s1. The van der Waals surface area contributed by atoms with E-state index in [1.54, 1.807) is 19.1 Å². The van der Waals surface area contributed by atoms with Crippen molar-refractivity contribution in [3.05, 3.63) is 22.7 Å². The second-order valence-corrected chi connectivity index (χ2v) is 6.45. The van der Waals surface area contributed by atoms with Gasteiger partial charge in [0.05, 0.1) is 12.8 Å². The molecule has 1 heterocycles. The molecule has 1 aromatic rings. The van der Waals surface area contributed by atoms with Crippen molar-refractivity contribution in [3.8, 4) is 5.75 Å². The lowest BCUT2D eigenvalue weighted by molar-refractivity contribution is -0.154. The van der Waals surface area contributed by atoms with Gasteiger partial charge in [0.25, 0.3) is 11.8 Å². The molecule has 0 radical (unpaired) electrons. The van der Waals surface area contributed by atoms with Crippen LogP contribution in [0.2, 0.25) is 5.02 Å². The summed E-state index contributed by atoms with van der Waals surface area (Å²) in [6.45, 7) is 2.49. The summed E-state index contributed by atoms with van der Waals surface area (Å²) in [5.41, 5.74) is 1.10. The molecule has 0 saturated carbocycles. The third-order valence-electron chi connectivity index (χ3n) is 3.93. The van der Waals surface area contributed by atoms with Crippen molar-refractivity contribution in [2.45, 2.75) is 20.0 Å². The van der Waals surface area contributed by atoms with Crippen molar-refractivity contribution in [3.63, 3.8) is 0 Å². The SMILES string of the molecule is COc1cc(Cl)c(C)cc1NC(=O)[C@H](C)OC(=O)CN1C(=O)CN(C)C1=O. The summed E-state index contributed by atoms with van der Waals surface area (Å²) in [6.07, 6.45) is -1.15. The van der Waals surface area contributed by atoms with Crippen molar-refractivity contribution in [1.82, 2.24) is 9.80 Å². The van der Waals surface area contributed by atoms with Gasteiger partial charge >= 0.3 is 12.0 Å². The first-order chi connectivity index (χ1) is 12.6. The fourth-order valence-corrected chi connectivity index (χ4v) is 2.56. The largest absolute Gasteiger partial charge is 0.495 e. The van der Waals surface area contributed by atoms with E-state index < -0.39 is 36.5 Å². The average Bonchev–Trinajstić information content (AvgIpc) is 2.83. The molecule has 0 bridgehead atoms. The molecule has 1 fully saturated rings. The first-order valence-corrected chi connectivity index (χ1v) is 8.41. The Bertz CT molecular complexity index is 797. The third kappa shape index (κ3) is 4.68. The van der Waals surface area contributed by atoms with Crippen LogP contribution in [0.15, 0.2) is 12.1 Å². The Morgan fingerprint density at radius 1 is 1.33 bits per heavy atom. The zero-order valence-corrected chi connectivity index (χ0v) is 16.1. The molecule has 1 N–H and O–H groups in total. The molecule has 10 heteroatoms. The average molecular weight is 398 g/mol. The minimum atomic E-state index is -1.15. The number of methoxy groups -OCH3 is 1. The van der Waals surface area contributed by atoms with Gasteiger partial charge in [0, 0.05) is 18.1 Å². The molecule has 0 aromatic heterocycles. The van der Waals surface area contributed by atoms with Crippen LogP contribution < -0.4 is 10.1 Å². The second-order valence-electron chi connectivity index (χ2n) is 6.04. The number of esters is 1. The van der Waals surface area contributed by atoms with Gasteiger partial charge in [0.2, 0.25) is 0 Å². The Kier molecular flexibility index (Phi) is 6.27. The Labute approximate surface area is 161 Å². The summed E-state index contributed by atoms with van der Waals surface area (Å²) in [7, 11) is 2.88. The highest BCUT2D eigenvalue weighted by molar-refractivity contribution is 6.31. The summed E-state index contributed by atoms with van der Waals surface area (Å²) >= 11 is 6.02. The van der Waals surface area contributed by atoms with Crippen molar-refractivity contribution in [1.29, 1.82) is 0 Å². The maximum absolute atomic E-state index is 12.3. The second kappa shape index (κ2) is 8.26. The van der Waals surface area contributed by atoms with E-state index in [1.807, 2.05) is 0 Å². The predicted octanol–water partition coefficient (Wildman–Crippen LogP) is 1.42. The first-order valence-electron chi connectivity index (χ1n) is 8.04. The van der Waals surface area contributed by atoms with Gasteiger partial charge in [0.15, 0.2) is 6.10 Å². The van der Waals surface area contributed by atoms with E-state index in [0.29, 0.717) is 16.5 Å². The molecule has 0 unspecified atom stereocenters. The van der Waals surface area contributed by atoms with E-state index in [1.165, 1.54) is 26.0 Å². The Morgan fingerprint density at radius 3 is 2.56 bits per heavy atom. The molecule has 2 rings (SSSR count). The molecular weight excluding hydrogens is 378 g/mol. The minimum absolute atomic E-state index is 0.0993. The van der Waals surface area contributed by atoms with Gasteiger partial charge in [-0.1, -0.05) is 11.6 Å². The van der Waals surface area contributed by atoms with Crippen LogP contribution in [0.25, 0.3) is 0 Å². The molecule has 1 atom stereocenters. The number of carbonyl (C=O) groups is 4. The number of hydrogen-bond acceptors (Lipinski definition) is 6. The fourth-order valence-electron chi connectivity index (χ4n) is 2.41. The number of halogens is 1. The molecule has 1 aliphatic rings. The van der Waals surface area contributed by atoms with E-state index in [4.69, 9.17) is 21.1 Å². The first kappa shape index (κ1) is 20.5. The number of nitrogens with one attached hydrogen (secondary N) is 1. The zero-order valence-electron chi connectivity index (χ0n) is 15.4. The molecular formula is C17H20ClN3O6. The molecule has 1 aliphatic heterocycles. The number of rotatable bonds is 6. The lowest BCUT2D eigenvalue weighted by atomic mass is 10.2. The normalized spacial score (nSPS) is 15.0. The predicted molar refractivity (Wildman–Crippen MR) is 96.7 cm³/mol. The highest BCUT2D eigenvalue weighted by Crippen LogP contribution is 2.31. The van der Waals surface area contributed by atoms with E-state index >= 15 is 0 Å². The van der Waals surface area contributed by atoms with E-state index in [0.717, 1.165) is 10.5 Å². The van der Waals surface area contributed by atoms with Crippen LogP contribution in [-0.2, 0) is 19.1 Å². The summed E-state index contributed by atoms with van der Waals surface area (Å²) in [5.74, 6) is -1.61. The number of carbonyl (C=O) groups excluding carboxylic acids is 4. The zero-order chi connectivity index (χ0) is 20.3. The number of anilines is 1. The summed E-state index contributed by atoms with van der Waals surface area (Å²) in [4.78, 5) is 49.7. The molecule has 9 nitrogen and oxygen atoms in total. The Balaban J connectivity index is 1.98. The topological polar surface area (TPSA) is 105 Å². The molecule has 0 aliphatic carbocycles. The maximum Gasteiger partial charge on any atom is 0.327 e. The van der Waals surface area contributed by atoms with Crippen LogP contribution in [0.5, 0.6) is 5.75 Å². The lowest BCUT2D eigenvalue weighted by Gasteiger charge is -2.18. The molecule has 146 valence electrons. The maximum atomic E-state index is 12.3. The van der Waals surface area contributed by atoms with Crippen LogP contribution >= 0.6 is 11.6 Å². The van der Waals surface area contributed by atoms with Crippen molar-refractivity contribution >= 4 is 41.1 Å². The van der Waals surface area contributed by atoms with Gasteiger partial charge in [-0.25, -0.2) is 4.79 Å². The number of hydrogen-bond donors (Lipinski definition) is 1. The van der Waals surface area contributed by atoms with Gasteiger partial charge in [-0.05, 0) is 25.5 Å². The molecule has 0 spiro atoms. The van der Waals surface area contributed by atoms with E-state index in [9.17, 15) is 19.2 Å². The fraction of sp³-hybridized carbons (Fsp3) is 0.412. The number of urea groups is 1. The van der Waals surface area contributed by atoms with Gasteiger partial charge in [-0.3, -0.25) is 19.3 Å². The highest BCUT2D eigenvalue weighted by Gasteiger charge is 2.35. The number of nitrogens with zero attached hydrogens (tertiary/aromatic N) is 2. The van der Waals surface area contributed by atoms with Crippen molar-refractivity contribution in [2.24, 2.45) is 0 Å². The molecule has 4 amide bonds. The van der Waals surface area contributed by atoms with Crippen molar-refractivity contribution in [2.75, 3.05) is 32.6 Å². The van der Waals surface area contributed by atoms with Gasteiger partial charge < -0.3 is 19.7 Å². The quantitative estimate of drug-likeness (QED) is 0.575. The molecule has 27 heavy (non-hydrogen) atoms. The van der Waals surface area contributed by atoms with Gasteiger partial charge in [-0.15, -0.1) is 0 Å². The van der Waals surface area contributed by atoms with Crippen molar-refractivity contribution < 1.29 is 28.7 Å². The summed E-state index contributed by atoms with van der Waals surface area (Å²) < 4.78 is 10.2. The summed E-state index contributed by atoms with van der Waals surface area (Å²) in [6, 6.07) is 2.60. The van der Waals surface area contributed by atoms with Crippen LogP contribution in [0.3, 0.4) is 0 Å². The van der Waals surface area contributed by atoms with E-state index in [-0.39, 0.29) is 6.54 Å². The smallest absolute Gasteiger partial charge is 0.327 e. The Hall–Kier alpha value is -2.81. The number of benzene rings is 1.